The van der Waals surface area contributed by atoms with Crippen LogP contribution in [0.5, 0.6) is 5.75 Å². The van der Waals surface area contributed by atoms with Crippen molar-refractivity contribution in [2.75, 3.05) is 24.6 Å². The van der Waals surface area contributed by atoms with E-state index in [-0.39, 0.29) is 81.9 Å². The number of carboxylic acids is 1. The molecule has 18 N–H and O–H groups in total. The maximum Gasteiger partial charge on any atom is 0.328 e. The van der Waals surface area contributed by atoms with E-state index in [1.807, 2.05) is 13.8 Å². The number of aliphatic hydroxyl groups is 1. The first-order chi connectivity index (χ1) is 37.1. The van der Waals surface area contributed by atoms with Crippen LogP contribution < -0.4 is 60.2 Å². The molecule has 0 saturated carbocycles. The maximum absolute atomic E-state index is 14.2. The van der Waals surface area contributed by atoms with Crippen LogP contribution in [0.3, 0.4) is 0 Å². The molecule has 0 spiro atoms. The van der Waals surface area contributed by atoms with Crippen molar-refractivity contribution in [3.05, 3.63) is 29.8 Å². The van der Waals surface area contributed by atoms with Crippen molar-refractivity contribution in [1.29, 1.82) is 0 Å². The van der Waals surface area contributed by atoms with Crippen LogP contribution >= 0.6 is 25.3 Å². The van der Waals surface area contributed by atoms with Gasteiger partial charge in [-0.05, 0) is 69.1 Å². The Bertz CT molecular complexity index is 2420. The van der Waals surface area contributed by atoms with Crippen molar-refractivity contribution in [2.45, 2.75) is 152 Å². The van der Waals surface area contributed by atoms with E-state index in [1.165, 1.54) is 24.3 Å². The van der Waals surface area contributed by atoms with Gasteiger partial charge in [0.25, 0.3) is 0 Å². The topological polar surface area (TPSA) is 477 Å². The predicted octanol–water partition coefficient (Wildman–Crippen LogP) is -5.98. The highest BCUT2D eigenvalue weighted by Gasteiger charge is 2.43. The quantitative estimate of drug-likeness (QED) is 0.0308. The number of rotatable bonds is 31. The molecule has 0 bridgehead atoms. The van der Waals surface area contributed by atoms with Crippen LogP contribution in [-0.2, 0) is 68.7 Å². The minimum absolute atomic E-state index is 0.0111. The Morgan fingerprint density at radius 3 is 1.53 bits per heavy atom. The number of aromatic hydroxyl groups is 1. The monoisotopic (exact) mass is 1150 g/mol. The second-order valence-corrected chi connectivity index (χ2v) is 20.4. The van der Waals surface area contributed by atoms with Gasteiger partial charge in [0.15, 0.2) is 6.04 Å². The number of primary amides is 3. The molecule has 0 aliphatic carbocycles. The highest BCUT2D eigenvalue weighted by atomic mass is 32.1. The summed E-state index contributed by atoms with van der Waals surface area (Å²) >= 11 is 8.43. The molecule has 29 nitrogen and oxygen atoms in total. The number of hydrogen-bond acceptors (Lipinski definition) is 18. The lowest BCUT2D eigenvalue weighted by molar-refractivity contribution is -0.147. The molecule has 31 heteroatoms. The first-order valence-electron chi connectivity index (χ1n) is 25.3. The molecule has 2 aliphatic rings. The summed E-state index contributed by atoms with van der Waals surface area (Å²) in [5.74, 6) is -13.9. The molecule has 2 heterocycles. The molecule has 0 aromatic heterocycles. The Hall–Kier alpha value is -7.25. The molecule has 0 unspecified atom stereocenters. The van der Waals surface area contributed by atoms with Gasteiger partial charge in [0.2, 0.25) is 70.9 Å². The number of carbonyl (C=O) groups is 13. The fourth-order valence-electron chi connectivity index (χ4n) is 8.72. The van der Waals surface area contributed by atoms with Crippen LogP contribution in [0, 0.1) is 5.92 Å². The standard InChI is InChI=1S/C48H73N13O16S2/c1-22(2)16-26(49)39(67)53-27(12-13-35(50)64)40(68)57-31(20-78)43(71)54-28(17-24-8-10-25(63)11-9-24)41(69)55-29(18-36(51)65)42(70)58-32(21-79)47(75)61-15-4-6-33(61)44(72)56-30(19-37(52)66)46(74)60-14-5-7-34(60)45(73)59-38(23(3)62)48(76)77/h8-11,22-23,26-34,38,62-63,78-79H,4-7,12-21,49H2,1-3H3,(H2,50,64)(H2,51,65)(H2,52,66)(H,53,67)(H,54,71)(H,55,69)(H,56,72)(H,57,68)(H,58,70)(H,59,73)(H,76,77)/t23-,26+,27+,28+,29+,30+,31+,32+,33+,34+,38+/m1/s1. The highest BCUT2D eigenvalue weighted by molar-refractivity contribution is 7.80. The number of likely N-dealkylation sites (tertiary alicyclic amines) is 2. The molecule has 1 aromatic rings. The molecule has 79 heavy (non-hydrogen) atoms. The van der Waals surface area contributed by atoms with Gasteiger partial charge in [0.05, 0.1) is 25.0 Å². The first-order valence-corrected chi connectivity index (χ1v) is 26.6. The maximum atomic E-state index is 14.2. The van der Waals surface area contributed by atoms with E-state index >= 15 is 0 Å². The van der Waals surface area contributed by atoms with Crippen molar-refractivity contribution in [3.63, 3.8) is 0 Å². The summed E-state index contributed by atoms with van der Waals surface area (Å²) in [5.41, 5.74) is 22.6. The zero-order chi connectivity index (χ0) is 59.4. The third kappa shape index (κ3) is 20.5. The van der Waals surface area contributed by atoms with Crippen molar-refractivity contribution < 1.29 is 77.6 Å². The van der Waals surface area contributed by atoms with E-state index in [2.05, 4.69) is 62.5 Å². The number of nitrogens with one attached hydrogen (secondary N) is 7. The molecule has 2 fully saturated rings. The van der Waals surface area contributed by atoms with Crippen LogP contribution in [0.1, 0.15) is 84.1 Å². The zero-order valence-electron chi connectivity index (χ0n) is 43.9. The summed E-state index contributed by atoms with van der Waals surface area (Å²) in [6, 6.07) is -9.41. The first kappa shape index (κ1) is 66.0. The number of amides is 12. The van der Waals surface area contributed by atoms with Gasteiger partial charge in [-0.1, -0.05) is 26.0 Å². The van der Waals surface area contributed by atoms with Gasteiger partial charge in [-0.3, -0.25) is 57.5 Å². The van der Waals surface area contributed by atoms with Crippen LogP contribution in [0.15, 0.2) is 24.3 Å². The number of benzene rings is 1. The van der Waals surface area contributed by atoms with Gasteiger partial charge in [0.1, 0.15) is 54.1 Å². The molecular weight excluding hydrogens is 1080 g/mol. The predicted molar refractivity (Wildman–Crippen MR) is 285 cm³/mol. The minimum Gasteiger partial charge on any atom is -0.508 e. The lowest BCUT2D eigenvalue weighted by atomic mass is 10.0. The van der Waals surface area contributed by atoms with Crippen LogP contribution in [0.2, 0.25) is 0 Å². The van der Waals surface area contributed by atoms with E-state index in [0.717, 1.165) is 16.7 Å². The zero-order valence-corrected chi connectivity index (χ0v) is 45.7. The second-order valence-electron chi connectivity index (χ2n) is 19.6. The average molecular weight is 1150 g/mol. The van der Waals surface area contributed by atoms with Gasteiger partial charge >= 0.3 is 5.97 Å². The largest absolute Gasteiger partial charge is 0.508 e. The summed E-state index contributed by atoms with van der Waals surface area (Å²) in [5, 5.41) is 46.0. The van der Waals surface area contributed by atoms with Gasteiger partial charge in [0, 0.05) is 37.4 Å². The molecule has 0 radical (unpaired) electrons. The number of phenols is 1. The number of hydrogen-bond donors (Lipinski definition) is 16. The van der Waals surface area contributed by atoms with Crippen molar-refractivity contribution in [1.82, 2.24) is 47.0 Å². The molecule has 12 amide bonds. The number of aliphatic carboxylic acids is 1. The third-order valence-corrected chi connectivity index (χ3v) is 13.5. The molecule has 11 atom stereocenters. The number of carboxylic acid groups (broad SMARTS) is 1. The third-order valence-electron chi connectivity index (χ3n) is 12.8. The normalized spacial score (nSPS) is 18.4. The fraction of sp³-hybridized carbons (Fsp3) is 0.604. The number of nitrogens with zero attached hydrogens (tertiary/aromatic N) is 2. The number of nitrogens with two attached hydrogens (primary N) is 4. The van der Waals surface area contributed by atoms with Crippen LogP contribution in [0.4, 0.5) is 0 Å². The number of phenolic OH excluding ortho intramolecular Hbond substituents is 1. The Balaban J connectivity index is 1.83. The molecule has 2 aliphatic heterocycles. The van der Waals surface area contributed by atoms with Crippen LogP contribution in [0.25, 0.3) is 0 Å². The van der Waals surface area contributed by atoms with Crippen molar-refractivity contribution >= 4 is 102 Å². The Kier molecular flexibility index (Phi) is 26.2. The van der Waals surface area contributed by atoms with Crippen LogP contribution in [-0.4, -0.2) is 193 Å². The molecular formula is C48H73N13O16S2. The van der Waals surface area contributed by atoms with Gasteiger partial charge in [-0.25, -0.2) is 4.79 Å². The summed E-state index contributed by atoms with van der Waals surface area (Å²) in [6.07, 6.45) is -3.18. The highest BCUT2D eigenvalue weighted by Crippen LogP contribution is 2.23. The van der Waals surface area contributed by atoms with E-state index in [0.29, 0.717) is 5.56 Å². The van der Waals surface area contributed by atoms with Crippen molar-refractivity contribution in [3.8, 4) is 5.75 Å². The van der Waals surface area contributed by atoms with Gasteiger partial charge in [-0.2, -0.15) is 25.3 Å². The van der Waals surface area contributed by atoms with E-state index in [9.17, 15) is 77.6 Å². The fourth-order valence-corrected chi connectivity index (χ4v) is 9.22. The Morgan fingerprint density at radius 1 is 0.595 bits per heavy atom. The molecule has 1 aromatic carbocycles. The minimum atomic E-state index is -1.83. The molecule has 438 valence electrons. The smallest absolute Gasteiger partial charge is 0.328 e. The summed E-state index contributed by atoms with van der Waals surface area (Å²) < 4.78 is 0. The summed E-state index contributed by atoms with van der Waals surface area (Å²) in [6.45, 7) is 4.70. The molecule has 3 rings (SSSR count). The van der Waals surface area contributed by atoms with E-state index < -0.39 is 162 Å². The SMILES string of the molecule is CC(C)C[C@H](N)C(=O)N[C@@H](CCC(N)=O)C(=O)N[C@@H](CS)C(=O)N[C@@H](Cc1ccc(O)cc1)C(=O)N[C@@H](CC(N)=O)C(=O)N[C@@H](CS)C(=O)N1CCC[C@H]1C(=O)N[C@@H](CC(N)=O)C(=O)N1CCC[C@H]1C(=O)N[C@H](C(=O)O)[C@@H](C)O. The number of aliphatic hydroxyl groups excluding tert-OH is 1. The van der Waals surface area contributed by atoms with E-state index in [4.69, 9.17) is 22.9 Å². The van der Waals surface area contributed by atoms with Gasteiger partial charge < -0.3 is 85.3 Å². The molecule has 2 saturated heterocycles. The summed E-state index contributed by atoms with van der Waals surface area (Å²) in [4.78, 5) is 174. The lowest BCUT2D eigenvalue weighted by Crippen LogP contribution is -2.61. The van der Waals surface area contributed by atoms with Crippen molar-refractivity contribution in [2.24, 2.45) is 28.9 Å². The summed E-state index contributed by atoms with van der Waals surface area (Å²) in [7, 11) is 0. The van der Waals surface area contributed by atoms with E-state index in [1.54, 1.807) is 0 Å². The second kappa shape index (κ2) is 31.4. The lowest BCUT2D eigenvalue weighted by Gasteiger charge is -2.32. The average Bonchev–Trinajstić information content (AvgIpc) is 4.10. The Morgan fingerprint density at radius 2 is 1.04 bits per heavy atom. The number of carbonyl (C=O) groups excluding carboxylic acids is 12. The Labute approximate surface area is 465 Å². The number of thiol groups is 2. The van der Waals surface area contributed by atoms with Gasteiger partial charge in [-0.15, -0.1) is 0 Å².